The molecule has 0 radical (unpaired) electrons. The molecular formula is C29H25N3O4. The first-order chi connectivity index (χ1) is 17.4. The van der Waals surface area contributed by atoms with Crippen molar-refractivity contribution in [2.24, 2.45) is 0 Å². The topological polar surface area (TPSA) is 80.6 Å². The van der Waals surface area contributed by atoms with Crippen LogP contribution in [-0.2, 0) is 16.1 Å². The first-order valence-corrected chi connectivity index (χ1v) is 11.7. The molecule has 0 spiro atoms. The number of hydrogen-bond acceptors (Lipinski definition) is 4. The van der Waals surface area contributed by atoms with E-state index in [1.807, 2.05) is 43.5 Å². The minimum Gasteiger partial charge on any atom is -0.494 e. The summed E-state index contributed by atoms with van der Waals surface area (Å²) in [5.74, 6) is -0.773. The summed E-state index contributed by atoms with van der Waals surface area (Å²) in [6, 6.07) is 21.9. The van der Waals surface area contributed by atoms with Gasteiger partial charge in [-0.1, -0.05) is 48.0 Å². The van der Waals surface area contributed by atoms with Crippen LogP contribution in [0, 0.1) is 6.92 Å². The second kappa shape index (κ2) is 9.54. The number of ether oxygens (including phenoxy) is 1. The van der Waals surface area contributed by atoms with Crippen LogP contribution in [0.15, 0.2) is 84.6 Å². The number of hydrogen-bond donors (Lipinski definition) is 1. The van der Waals surface area contributed by atoms with Crippen LogP contribution in [0.3, 0.4) is 0 Å². The second-order valence-electron chi connectivity index (χ2n) is 8.60. The van der Waals surface area contributed by atoms with Gasteiger partial charge in [0.25, 0.3) is 11.8 Å². The van der Waals surface area contributed by atoms with Crippen LogP contribution in [0.25, 0.3) is 17.0 Å². The maximum absolute atomic E-state index is 13.4. The predicted molar refractivity (Wildman–Crippen MR) is 139 cm³/mol. The summed E-state index contributed by atoms with van der Waals surface area (Å²) in [4.78, 5) is 39.7. The number of barbiturate groups is 1. The molecule has 7 nitrogen and oxygen atoms in total. The van der Waals surface area contributed by atoms with Gasteiger partial charge in [-0.05, 0) is 55.8 Å². The summed E-state index contributed by atoms with van der Waals surface area (Å²) in [7, 11) is 0. The molecule has 1 aromatic heterocycles. The number of rotatable bonds is 6. The molecule has 0 aliphatic carbocycles. The van der Waals surface area contributed by atoms with Gasteiger partial charge in [-0.3, -0.25) is 14.9 Å². The molecule has 36 heavy (non-hydrogen) atoms. The van der Waals surface area contributed by atoms with Gasteiger partial charge in [-0.2, -0.15) is 0 Å². The van der Waals surface area contributed by atoms with E-state index in [9.17, 15) is 14.4 Å². The fraction of sp³-hybridized carbons (Fsp3) is 0.138. The zero-order chi connectivity index (χ0) is 25.2. The van der Waals surface area contributed by atoms with Crippen molar-refractivity contribution in [1.29, 1.82) is 0 Å². The first-order valence-electron chi connectivity index (χ1n) is 11.7. The molecule has 1 aliphatic heterocycles. The number of nitrogens with zero attached hydrogens (tertiary/aromatic N) is 2. The Morgan fingerprint density at radius 1 is 0.944 bits per heavy atom. The quantitative estimate of drug-likeness (QED) is 0.310. The van der Waals surface area contributed by atoms with E-state index in [4.69, 9.17) is 4.74 Å². The molecule has 7 heteroatoms. The number of anilines is 1. The Labute approximate surface area is 208 Å². The van der Waals surface area contributed by atoms with Crippen molar-refractivity contribution in [2.75, 3.05) is 11.5 Å². The Morgan fingerprint density at radius 3 is 2.47 bits per heavy atom. The Kier molecular flexibility index (Phi) is 6.12. The lowest BCUT2D eigenvalue weighted by Crippen LogP contribution is -2.54. The van der Waals surface area contributed by atoms with Crippen LogP contribution in [0.4, 0.5) is 10.5 Å². The monoisotopic (exact) mass is 479 g/mol. The number of nitrogens with one attached hydrogen (secondary N) is 1. The van der Waals surface area contributed by atoms with Crippen molar-refractivity contribution in [3.8, 4) is 5.75 Å². The number of carbonyl (C=O) groups excluding carboxylic acids is 3. The van der Waals surface area contributed by atoms with Crippen molar-refractivity contribution in [3.63, 3.8) is 0 Å². The molecular weight excluding hydrogens is 454 g/mol. The third kappa shape index (κ3) is 4.38. The zero-order valence-electron chi connectivity index (χ0n) is 20.0. The van der Waals surface area contributed by atoms with E-state index in [1.54, 1.807) is 30.3 Å². The number of amides is 4. The van der Waals surface area contributed by atoms with Gasteiger partial charge >= 0.3 is 6.03 Å². The zero-order valence-corrected chi connectivity index (χ0v) is 20.0. The molecule has 5 rings (SSSR count). The SMILES string of the molecule is CCOc1ccc(N2C(=O)NC(=O)/C(=C\c3cn(Cc4cccc(C)c4)c4ccccc34)C2=O)cc1. The van der Waals surface area contributed by atoms with Gasteiger partial charge in [0, 0.05) is 29.2 Å². The van der Waals surface area contributed by atoms with E-state index in [0.29, 0.717) is 24.6 Å². The normalized spacial score (nSPS) is 15.0. The molecule has 1 aliphatic rings. The third-order valence-corrected chi connectivity index (χ3v) is 6.06. The fourth-order valence-electron chi connectivity index (χ4n) is 4.43. The number of para-hydroxylation sites is 1. The lowest BCUT2D eigenvalue weighted by molar-refractivity contribution is -0.122. The Hall–Kier alpha value is -4.65. The van der Waals surface area contributed by atoms with Crippen LogP contribution < -0.4 is 15.0 Å². The Balaban J connectivity index is 1.52. The molecule has 0 bridgehead atoms. The van der Waals surface area contributed by atoms with Crippen molar-refractivity contribution < 1.29 is 19.1 Å². The van der Waals surface area contributed by atoms with Gasteiger partial charge < -0.3 is 9.30 Å². The summed E-state index contributed by atoms with van der Waals surface area (Å²) in [5.41, 5.74) is 4.26. The van der Waals surface area contributed by atoms with E-state index < -0.39 is 17.8 Å². The number of imide groups is 2. The standard InChI is InChI=1S/C29H25N3O4/c1-3-36-23-13-11-22(12-14-23)32-28(34)25(27(33)30-29(32)35)16-21-18-31(26-10-5-4-9-24(21)26)17-20-8-6-7-19(2)15-20/h4-16,18H,3,17H2,1-2H3,(H,30,33,35)/b25-16+. The molecule has 4 amide bonds. The van der Waals surface area contributed by atoms with Crippen LogP contribution >= 0.6 is 0 Å². The minimum absolute atomic E-state index is 0.109. The Morgan fingerprint density at radius 2 is 1.72 bits per heavy atom. The summed E-state index contributed by atoms with van der Waals surface area (Å²) >= 11 is 0. The number of benzene rings is 3. The number of aryl methyl sites for hydroxylation is 1. The van der Waals surface area contributed by atoms with Crippen molar-refractivity contribution in [1.82, 2.24) is 9.88 Å². The third-order valence-electron chi connectivity index (χ3n) is 6.06. The van der Waals surface area contributed by atoms with Crippen molar-refractivity contribution in [2.45, 2.75) is 20.4 Å². The summed E-state index contributed by atoms with van der Waals surface area (Å²) in [6.07, 6.45) is 3.49. The molecule has 1 saturated heterocycles. The fourth-order valence-corrected chi connectivity index (χ4v) is 4.43. The molecule has 2 heterocycles. The highest BCUT2D eigenvalue weighted by molar-refractivity contribution is 6.39. The van der Waals surface area contributed by atoms with Crippen molar-refractivity contribution >= 4 is 40.5 Å². The largest absolute Gasteiger partial charge is 0.494 e. The molecule has 0 atom stereocenters. The minimum atomic E-state index is -0.784. The van der Waals surface area contributed by atoms with Crippen LogP contribution in [-0.4, -0.2) is 29.0 Å². The maximum atomic E-state index is 13.4. The highest BCUT2D eigenvalue weighted by Gasteiger charge is 2.37. The van der Waals surface area contributed by atoms with Gasteiger partial charge in [-0.25, -0.2) is 9.69 Å². The first kappa shape index (κ1) is 23.1. The van der Waals surface area contributed by atoms with Gasteiger partial charge in [0.15, 0.2) is 0 Å². The molecule has 1 fully saturated rings. The van der Waals surface area contributed by atoms with E-state index in [2.05, 4.69) is 35.0 Å². The Bertz CT molecular complexity index is 1520. The van der Waals surface area contributed by atoms with Crippen molar-refractivity contribution in [3.05, 3.63) is 101 Å². The van der Waals surface area contributed by atoms with Gasteiger partial charge in [-0.15, -0.1) is 0 Å². The summed E-state index contributed by atoms with van der Waals surface area (Å²) in [6.45, 7) is 5.07. The van der Waals surface area contributed by atoms with E-state index >= 15 is 0 Å². The van der Waals surface area contributed by atoms with Crippen LogP contribution in [0.2, 0.25) is 0 Å². The number of urea groups is 1. The molecule has 180 valence electrons. The number of carbonyl (C=O) groups is 3. The predicted octanol–water partition coefficient (Wildman–Crippen LogP) is 5.06. The van der Waals surface area contributed by atoms with Crippen LogP contribution in [0.1, 0.15) is 23.6 Å². The molecule has 0 unspecified atom stereocenters. The summed E-state index contributed by atoms with van der Waals surface area (Å²) in [5, 5.41) is 3.20. The van der Waals surface area contributed by atoms with Crippen LogP contribution in [0.5, 0.6) is 5.75 Å². The van der Waals surface area contributed by atoms with E-state index in [0.717, 1.165) is 26.9 Å². The van der Waals surface area contributed by atoms with Gasteiger partial charge in [0.05, 0.1) is 12.3 Å². The molecule has 4 aromatic rings. The highest BCUT2D eigenvalue weighted by Crippen LogP contribution is 2.28. The number of fused-ring (bicyclic) bond motifs is 1. The lowest BCUT2D eigenvalue weighted by atomic mass is 10.1. The molecule has 1 N–H and O–H groups in total. The average molecular weight is 480 g/mol. The second-order valence-corrected chi connectivity index (χ2v) is 8.60. The number of aromatic nitrogens is 1. The van der Waals surface area contributed by atoms with E-state index in [1.165, 1.54) is 5.56 Å². The smallest absolute Gasteiger partial charge is 0.335 e. The lowest BCUT2D eigenvalue weighted by Gasteiger charge is -2.26. The van der Waals surface area contributed by atoms with Gasteiger partial charge in [0.1, 0.15) is 11.3 Å². The van der Waals surface area contributed by atoms with E-state index in [-0.39, 0.29) is 5.57 Å². The molecule has 0 saturated carbocycles. The maximum Gasteiger partial charge on any atom is 0.335 e. The highest BCUT2D eigenvalue weighted by atomic mass is 16.5. The van der Waals surface area contributed by atoms with Gasteiger partial charge in [0.2, 0.25) is 0 Å². The average Bonchev–Trinajstić information content (AvgIpc) is 3.20. The molecule has 3 aromatic carbocycles. The summed E-state index contributed by atoms with van der Waals surface area (Å²) < 4.78 is 7.53.